The van der Waals surface area contributed by atoms with Crippen LogP contribution in [0.15, 0.2) is 11.5 Å². The first kappa shape index (κ1) is 13.4. The van der Waals surface area contributed by atoms with Crippen molar-refractivity contribution < 1.29 is 81.3 Å². The molecule has 6 nitrogen and oxygen atoms in total. The van der Waals surface area contributed by atoms with Gasteiger partial charge >= 0.3 is 57.4 Å². The van der Waals surface area contributed by atoms with Gasteiger partial charge in [0.15, 0.2) is 5.76 Å². The summed E-state index contributed by atoms with van der Waals surface area (Å²) in [5.74, 6) is -3.20. The fourth-order valence-corrected chi connectivity index (χ4v) is 0.809. The molecule has 0 aromatic heterocycles. The van der Waals surface area contributed by atoms with Crippen molar-refractivity contribution in [3.63, 3.8) is 0 Å². The second-order valence-corrected chi connectivity index (χ2v) is 2.29. The molecular weight excluding hydrogens is 207 g/mol. The maximum atomic E-state index is 10.8. The summed E-state index contributed by atoms with van der Waals surface area (Å²) in [5.41, 5.74) is 0. The Morgan fingerprint density at radius 2 is 2.15 bits per heavy atom. The molecule has 1 aliphatic heterocycles. The predicted octanol–water partition coefficient (Wildman–Crippen LogP) is -5.60. The number of carbonyl (C=O) groups excluding carboxylic acids is 1. The fraction of sp³-hybridized carbons (Fsp3) is 0.500. The van der Waals surface area contributed by atoms with Gasteiger partial charge in [-0.05, 0) is 5.76 Å². The van der Waals surface area contributed by atoms with Gasteiger partial charge in [-0.3, -0.25) is 0 Å². The molecule has 13 heavy (non-hydrogen) atoms. The summed E-state index contributed by atoms with van der Waals surface area (Å²) in [6, 6.07) is 0. The van der Waals surface area contributed by atoms with E-state index < -0.39 is 36.3 Å². The Hall–Kier alpha value is 0.366. The average molecular weight is 214 g/mol. The van der Waals surface area contributed by atoms with Crippen LogP contribution < -0.4 is 56.5 Å². The number of aliphatic hydroxyl groups excluding tert-OH is 3. The van der Waals surface area contributed by atoms with Crippen molar-refractivity contribution in [3.05, 3.63) is 11.5 Å². The summed E-state index contributed by atoms with van der Waals surface area (Å²) >= 11 is 0. The number of cyclic esters (lactones) is 1. The maximum Gasteiger partial charge on any atom is 1.00 e. The van der Waals surface area contributed by atoms with Gasteiger partial charge in [0.1, 0.15) is 12.2 Å². The molecule has 0 saturated carbocycles. The molecule has 0 radical (unpaired) electrons. The molecular formula is C6H7KO6. The molecule has 0 spiro atoms. The quantitative estimate of drug-likeness (QED) is 0.312. The van der Waals surface area contributed by atoms with E-state index in [1.54, 1.807) is 0 Å². The van der Waals surface area contributed by atoms with E-state index >= 15 is 0 Å². The summed E-state index contributed by atoms with van der Waals surface area (Å²) in [6.45, 7) is -0.711. The monoisotopic (exact) mass is 214 g/mol. The number of hydrogen-bond acceptors (Lipinski definition) is 6. The van der Waals surface area contributed by atoms with Crippen molar-refractivity contribution in [1.82, 2.24) is 0 Å². The molecule has 7 heteroatoms. The molecule has 68 valence electrons. The van der Waals surface area contributed by atoms with Crippen molar-refractivity contribution in [2.45, 2.75) is 12.2 Å². The molecule has 0 aliphatic carbocycles. The van der Waals surface area contributed by atoms with E-state index in [0.717, 1.165) is 0 Å². The molecule has 0 amide bonds. The standard InChI is InChI=1S/C6H8O6.K/c7-1-2(8)5-3(9)4(10)6(11)12-5;/h2,5,7-10H,1H2;/q;+1/p-1/t2?,5-;/m1./s1. The van der Waals surface area contributed by atoms with Crippen molar-refractivity contribution in [2.75, 3.05) is 6.61 Å². The molecule has 1 aliphatic rings. The van der Waals surface area contributed by atoms with Gasteiger partial charge in [-0.1, -0.05) is 0 Å². The topological polar surface area (TPSA) is 110 Å². The van der Waals surface area contributed by atoms with E-state index in [-0.39, 0.29) is 51.4 Å². The molecule has 1 unspecified atom stereocenters. The Morgan fingerprint density at radius 1 is 1.62 bits per heavy atom. The predicted molar refractivity (Wildman–Crippen MR) is 32.6 cm³/mol. The third-order valence-corrected chi connectivity index (χ3v) is 1.46. The minimum atomic E-state index is -1.48. The van der Waals surface area contributed by atoms with E-state index in [1.807, 2.05) is 0 Å². The van der Waals surface area contributed by atoms with Gasteiger partial charge in [-0.25, -0.2) is 4.79 Å². The first-order valence-corrected chi connectivity index (χ1v) is 3.18. The number of carbonyl (C=O) groups is 1. The van der Waals surface area contributed by atoms with Gasteiger partial charge in [-0.15, -0.1) is 0 Å². The van der Waals surface area contributed by atoms with Gasteiger partial charge in [-0.2, -0.15) is 0 Å². The van der Waals surface area contributed by atoms with Crippen LogP contribution in [-0.2, 0) is 9.53 Å². The van der Waals surface area contributed by atoms with E-state index in [9.17, 15) is 9.90 Å². The number of hydrogen-bond donors (Lipinski definition) is 3. The number of ether oxygens (including phenoxy) is 1. The molecule has 0 aromatic rings. The van der Waals surface area contributed by atoms with Crippen molar-refractivity contribution >= 4 is 5.97 Å². The minimum absolute atomic E-state index is 0. The zero-order valence-corrected chi connectivity index (χ0v) is 10.1. The first-order valence-electron chi connectivity index (χ1n) is 3.18. The number of rotatable bonds is 2. The maximum absolute atomic E-state index is 10.8. The van der Waals surface area contributed by atoms with Gasteiger partial charge in [0.25, 0.3) is 0 Å². The van der Waals surface area contributed by atoms with Crippen LogP contribution in [0.1, 0.15) is 0 Å². The van der Waals surface area contributed by atoms with Gasteiger partial charge in [0, 0.05) is 0 Å². The van der Waals surface area contributed by atoms with E-state index in [2.05, 4.69) is 4.74 Å². The normalized spacial score (nSPS) is 23.8. The van der Waals surface area contributed by atoms with Gasteiger partial charge in [0.2, 0.25) is 0 Å². The van der Waals surface area contributed by atoms with E-state index in [1.165, 1.54) is 0 Å². The minimum Gasteiger partial charge on any atom is -0.870 e. The zero-order valence-electron chi connectivity index (χ0n) is 6.93. The van der Waals surface area contributed by atoms with Crippen LogP contribution in [0.2, 0.25) is 0 Å². The first-order chi connectivity index (χ1) is 5.57. The van der Waals surface area contributed by atoms with E-state index in [4.69, 9.17) is 15.3 Å². The third-order valence-electron chi connectivity index (χ3n) is 1.46. The molecule has 0 fully saturated rings. The largest absolute Gasteiger partial charge is 1.00 e. The number of aliphatic hydroxyl groups is 3. The third kappa shape index (κ3) is 2.66. The molecule has 1 rings (SSSR count). The Balaban J connectivity index is 0.00000144. The van der Waals surface area contributed by atoms with E-state index in [0.29, 0.717) is 0 Å². The summed E-state index contributed by atoms with van der Waals surface area (Å²) in [4.78, 5) is 10.5. The van der Waals surface area contributed by atoms with Crippen molar-refractivity contribution in [2.24, 2.45) is 0 Å². The summed E-state index contributed by atoms with van der Waals surface area (Å²) < 4.78 is 4.25. The molecule has 0 bridgehead atoms. The van der Waals surface area contributed by atoms with Gasteiger partial charge in [0.05, 0.1) is 6.61 Å². The molecule has 0 saturated heterocycles. The summed E-state index contributed by atoms with van der Waals surface area (Å²) in [7, 11) is 0. The second-order valence-electron chi connectivity index (χ2n) is 2.29. The molecule has 3 N–H and O–H groups in total. The Labute approximate surface area is 116 Å². The molecule has 2 atom stereocenters. The van der Waals surface area contributed by atoms with Crippen LogP contribution >= 0.6 is 0 Å². The van der Waals surface area contributed by atoms with Crippen molar-refractivity contribution in [1.29, 1.82) is 0 Å². The van der Waals surface area contributed by atoms with Gasteiger partial charge < -0.3 is 25.2 Å². The summed E-state index contributed by atoms with van der Waals surface area (Å²) in [5, 5.41) is 36.8. The van der Waals surface area contributed by atoms with Crippen LogP contribution in [-0.4, -0.2) is 40.1 Å². The van der Waals surface area contributed by atoms with Crippen LogP contribution in [0.25, 0.3) is 0 Å². The Morgan fingerprint density at radius 3 is 2.46 bits per heavy atom. The SMILES string of the molecule is O=C1O[C@H](C(O)CO)C([O-])=C1O.[K+]. The number of esters is 1. The van der Waals surface area contributed by atoms with Crippen LogP contribution in [0, 0.1) is 0 Å². The Bertz CT molecular complexity index is 237. The fourth-order valence-electron chi connectivity index (χ4n) is 0.809. The van der Waals surface area contributed by atoms with Crippen LogP contribution in [0.4, 0.5) is 0 Å². The van der Waals surface area contributed by atoms with Crippen molar-refractivity contribution in [3.8, 4) is 0 Å². The molecule has 1 heterocycles. The molecule has 0 aromatic carbocycles. The summed E-state index contributed by atoms with van der Waals surface area (Å²) in [6.07, 6.45) is -2.95. The Kier molecular flexibility index (Phi) is 5.45. The average Bonchev–Trinajstić information content (AvgIpc) is 2.32. The smallest absolute Gasteiger partial charge is 0.870 e. The second kappa shape index (κ2) is 5.30. The van der Waals surface area contributed by atoms with Crippen LogP contribution in [0.5, 0.6) is 0 Å². The zero-order chi connectivity index (χ0) is 9.30. The van der Waals surface area contributed by atoms with Crippen LogP contribution in [0.3, 0.4) is 0 Å².